The van der Waals surface area contributed by atoms with E-state index in [1.807, 2.05) is 27.7 Å². The number of hydrogen-bond acceptors (Lipinski definition) is 4. The minimum Gasteiger partial charge on any atom is -0.507 e. The van der Waals surface area contributed by atoms with Gasteiger partial charge in [-0.2, -0.15) is 0 Å². The van der Waals surface area contributed by atoms with Crippen LogP contribution in [0.5, 0.6) is 11.5 Å². The minimum atomic E-state index is 0. The number of hydrogen-bond donors (Lipinski definition) is 2. The highest BCUT2D eigenvalue weighted by Gasteiger charge is 2.01. The zero-order chi connectivity index (χ0) is 20.0. The van der Waals surface area contributed by atoms with Crippen molar-refractivity contribution in [1.82, 2.24) is 0 Å². The van der Waals surface area contributed by atoms with E-state index in [0.717, 1.165) is 23.0 Å². The van der Waals surface area contributed by atoms with Crippen LogP contribution in [0.4, 0.5) is 0 Å². The first-order chi connectivity index (χ1) is 11.9. The highest BCUT2D eigenvalue weighted by Crippen LogP contribution is 2.21. The van der Waals surface area contributed by atoms with Crippen LogP contribution < -0.4 is 0 Å². The summed E-state index contributed by atoms with van der Waals surface area (Å²) in [6.07, 6.45) is 1.42. The summed E-state index contributed by atoms with van der Waals surface area (Å²) in [5.74, 6) is 0.355. The summed E-state index contributed by atoms with van der Waals surface area (Å²) in [4.78, 5) is 20.6. The number of carbonyl (C=O) groups is 2. The molecule has 0 aliphatic carbocycles. The lowest BCUT2D eigenvalue weighted by molar-refractivity contribution is 0.111. The van der Waals surface area contributed by atoms with Gasteiger partial charge in [0.15, 0.2) is 6.29 Å². The molecule has 0 amide bonds. The molecule has 2 aromatic carbocycles. The van der Waals surface area contributed by atoms with Gasteiger partial charge >= 0.3 is 0 Å². The standard InChI is InChI=1S/C9H10O2.C8H8O2.2C2H6.CH4/c1-6-3-8(5-10)4-7(2)9(6)11;1-6-3-2-4-7(5-9)8(6)10;2*1-2;/h3-5,11H,1-2H3;2-5,10H,1H3;2*1-2H3;1H4. The molecule has 0 spiro atoms. The van der Waals surface area contributed by atoms with Gasteiger partial charge in [0.05, 0.1) is 5.56 Å². The molecule has 2 N–H and O–H groups in total. The predicted octanol–water partition coefficient (Wildman–Crippen LogP) is 6.02. The molecule has 4 nitrogen and oxygen atoms in total. The summed E-state index contributed by atoms with van der Waals surface area (Å²) in [6, 6.07) is 8.39. The molecule has 0 aliphatic rings. The van der Waals surface area contributed by atoms with Gasteiger partial charge in [0, 0.05) is 5.56 Å². The fourth-order valence-corrected chi connectivity index (χ4v) is 1.83. The maximum Gasteiger partial charge on any atom is 0.153 e. The first-order valence-corrected chi connectivity index (χ1v) is 8.39. The van der Waals surface area contributed by atoms with Gasteiger partial charge in [0.25, 0.3) is 0 Å². The van der Waals surface area contributed by atoms with E-state index in [1.165, 1.54) is 0 Å². The third-order valence-corrected chi connectivity index (χ3v) is 3.05. The predicted molar refractivity (Wildman–Crippen MR) is 111 cm³/mol. The van der Waals surface area contributed by atoms with Crippen LogP contribution in [0, 0.1) is 20.8 Å². The molecular weight excluding hydrogens is 328 g/mol. The van der Waals surface area contributed by atoms with Gasteiger partial charge in [0.1, 0.15) is 17.8 Å². The fourth-order valence-electron chi connectivity index (χ4n) is 1.83. The molecular formula is C22H34O4. The zero-order valence-corrected chi connectivity index (χ0v) is 16.3. The van der Waals surface area contributed by atoms with Crippen LogP contribution in [-0.2, 0) is 0 Å². The second-order valence-electron chi connectivity index (χ2n) is 4.75. The summed E-state index contributed by atoms with van der Waals surface area (Å²) in [5, 5.41) is 18.5. The Morgan fingerprint density at radius 1 is 0.731 bits per heavy atom. The molecule has 4 heteroatoms. The first-order valence-electron chi connectivity index (χ1n) is 8.39. The number of aromatic hydroxyl groups is 2. The van der Waals surface area contributed by atoms with E-state index in [9.17, 15) is 14.7 Å². The van der Waals surface area contributed by atoms with Crippen molar-refractivity contribution in [2.45, 2.75) is 55.9 Å². The van der Waals surface area contributed by atoms with Crippen molar-refractivity contribution in [3.05, 3.63) is 58.1 Å². The quantitative estimate of drug-likeness (QED) is 0.640. The Morgan fingerprint density at radius 3 is 1.54 bits per heavy atom. The Hall–Kier alpha value is -2.62. The molecule has 0 aromatic heterocycles. The van der Waals surface area contributed by atoms with Crippen molar-refractivity contribution in [1.29, 1.82) is 0 Å². The third-order valence-electron chi connectivity index (χ3n) is 3.05. The lowest BCUT2D eigenvalue weighted by Crippen LogP contribution is -1.85. The Balaban J connectivity index is -0.000000332. The first kappa shape index (κ1) is 28.2. The van der Waals surface area contributed by atoms with Gasteiger partial charge in [-0.1, -0.05) is 47.3 Å². The van der Waals surface area contributed by atoms with E-state index in [2.05, 4.69) is 0 Å². The van der Waals surface area contributed by atoms with Gasteiger partial charge in [-0.05, 0) is 55.7 Å². The number of aldehydes is 2. The molecule has 2 aromatic rings. The molecule has 2 rings (SSSR count). The van der Waals surface area contributed by atoms with E-state index < -0.39 is 0 Å². The second kappa shape index (κ2) is 15.9. The molecule has 146 valence electrons. The van der Waals surface area contributed by atoms with E-state index >= 15 is 0 Å². The van der Waals surface area contributed by atoms with Crippen molar-refractivity contribution in [2.24, 2.45) is 0 Å². The number of phenolic OH excluding ortho intramolecular Hbond substituents is 2. The van der Waals surface area contributed by atoms with Gasteiger partial charge in [-0.3, -0.25) is 9.59 Å². The third kappa shape index (κ3) is 9.02. The Labute approximate surface area is 158 Å². The molecule has 0 atom stereocenters. The van der Waals surface area contributed by atoms with Crippen molar-refractivity contribution in [3.63, 3.8) is 0 Å². The van der Waals surface area contributed by atoms with Crippen LogP contribution in [0.15, 0.2) is 30.3 Å². The molecule has 0 aliphatic heterocycles. The van der Waals surface area contributed by atoms with Crippen LogP contribution in [-0.4, -0.2) is 22.8 Å². The van der Waals surface area contributed by atoms with Crippen molar-refractivity contribution < 1.29 is 19.8 Å². The zero-order valence-electron chi connectivity index (χ0n) is 16.3. The van der Waals surface area contributed by atoms with Crippen LogP contribution in [0.25, 0.3) is 0 Å². The molecule has 0 heterocycles. The highest BCUT2D eigenvalue weighted by molar-refractivity contribution is 5.79. The maximum atomic E-state index is 10.3. The number of benzene rings is 2. The average molecular weight is 363 g/mol. The summed E-state index contributed by atoms with van der Waals surface area (Å²) >= 11 is 0. The topological polar surface area (TPSA) is 74.6 Å². The number of para-hydroxylation sites is 1. The summed E-state index contributed by atoms with van der Waals surface area (Å²) in [7, 11) is 0. The van der Waals surface area contributed by atoms with E-state index in [0.29, 0.717) is 17.4 Å². The van der Waals surface area contributed by atoms with E-state index in [1.54, 1.807) is 51.1 Å². The van der Waals surface area contributed by atoms with E-state index in [4.69, 9.17) is 5.11 Å². The normalized spacial score (nSPS) is 8.12. The number of phenols is 2. The van der Waals surface area contributed by atoms with Crippen molar-refractivity contribution in [3.8, 4) is 11.5 Å². The average Bonchev–Trinajstić information content (AvgIpc) is 2.65. The smallest absolute Gasteiger partial charge is 0.153 e. The van der Waals surface area contributed by atoms with Crippen molar-refractivity contribution in [2.75, 3.05) is 0 Å². The number of rotatable bonds is 2. The molecule has 0 bridgehead atoms. The van der Waals surface area contributed by atoms with Crippen molar-refractivity contribution >= 4 is 12.6 Å². The molecule has 0 saturated carbocycles. The fraction of sp³-hybridized carbons (Fsp3) is 0.364. The second-order valence-corrected chi connectivity index (χ2v) is 4.75. The van der Waals surface area contributed by atoms with Crippen LogP contribution in [0.2, 0.25) is 0 Å². The summed E-state index contributed by atoms with van der Waals surface area (Å²) in [6.45, 7) is 13.3. The van der Waals surface area contributed by atoms with Gasteiger partial charge < -0.3 is 10.2 Å². The maximum absolute atomic E-state index is 10.3. The minimum absolute atomic E-state index is 0. The van der Waals surface area contributed by atoms with Crippen LogP contribution >= 0.6 is 0 Å². The Bertz CT molecular complexity index is 638. The number of carbonyl (C=O) groups excluding carboxylic acids is 2. The highest BCUT2D eigenvalue weighted by atomic mass is 16.3. The molecule has 0 fully saturated rings. The van der Waals surface area contributed by atoms with Crippen LogP contribution in [0.1, 0.15) is 72.5 Å². The molecule has 26 heavy (non-hydrogen) atoms. The molecule has 0 radical (unpaired) electrons. The largest absolute Gasteiger partial charge is 0.507 e. The van der Waals surface area contributed by atoms with Crippen LogP contribution in [0.3, 0.4) is 0 Å². The monoisotopic (exact) mass is 362 g/mol. The lowest BCUT2D eigenvalue weighted by Gasteiger charge is -2.02. The Morgan fingerprint density at radius 2 is 1.19 bits per heavy atom. The Kier molecular flexibility index (Phi) is 17.2. The van der Waals surface area contributed by atoms with Gasteiger partial charge in [-0.15, -0.1) is 0 Å². The summed E-state index contributed by atoms with van der Waals surface area (Å²) in [5.41, 5.74) is 3.17. The summed E-state index contributed by atoms with van der Waals surface area (Å²) < 4.78 is 0. The molecule has 0 unspecified atom stereocenters. The van der Waals surface area contributed by atoms with E-state index in [-0.39, 0.29) is 18.9 Å². The number of aryl methyl sites for hydroxylation is 3. The molecule has 0 saturated heterocycles. The lowest BCUT2D eigenvalue weighted by atomic mass is 10.1. The SMILES string of the molecule is C.CC.CC.Cc1cc(C=O)cc(C)c1O.Cc1cccc(C=O)c1O. The van der Waals surface area contributed by atoms with Gasteiger partial charge in [0.2, 0.25) is 0 Å². The van der Waals surface area contributed by atoms with Gasteiger partial charge in [-0.25, -0.2) is 0 Å².